The molecule has 0 amide bonds. The summed E-state index contributed by atoms with van der Waals surface area (Å²) in [6, 6.07) is 8.55. The lowest BCUT2D eigenvalue weighted by atomic mass is 9.99. The summed E-state index contributed by atoms with van der Waals surface area (Å²) in [6.07, 6.45) is 4.02. The summed E-state index contributed by atoms with van der Waals surface area (Å²) in [5.41, 5.74) is 1.36. The standard InChI is InChI=1S/C16H25BrN2/c1-14-7-11-19(12-8-14)10-2-9-18-13-15-3-5-16(17)6-4-15/h3-6,14,18H,2,7-13H2,1H3. The zero-order chi connectivity index (χ0) is 13.5. The molecule has 1 fully saturated rings. The van der Waals surface area contributed by atoms with Crippen molar-refractivity contribution in [2.24, 2.45) is 5.92 Å². The van der Waals surface area contributed by atoms with Crippen molar-refractivity contribution >= 4 is 15.9 Å². The maximum atomic E-state index is 3.53. The molecule has 19 heavy (non-hydrogen) atoms. The summed E-state index contributed by atoms with van der Waals surface area (Å²) in [5.74, 6) is 0.937. The summed E-state index contributed by atoms with van der Waals surface area (Å²) in [6.45, 7) is 8.31. The van der Waals surface area contributed by atoms with Crippen molar-refractivity contribution in [3.8, 4) is 0 Å². The average molecular weight is 325 g/mol. The van der Waals surface area contributed by atoms with E-state index in [1.54, 1.807) is 0 Å². The van der Waals surface area contributed by atoms with Gasteiger partial charge in [-0.1, -0.05) is 35.0 Å². The van der Waals surface area contributed by atoms with Crippen molar-refractivity contribution in [3.63, 3.8) is 0 Å². The highest BCUT2D eigenvalue weighted by atomic mass is 79.9. The number of piperidine rings is 1. The number of hydrogen-bond donors (Lipinski definition) is 1. The molecule has 1 heterocycles. The number of nitrogens with one attached hydrogen (secondary N) is 1. The van der Waals surface area contributed by atoms with Gasteiger partial charge in [0.1, 0.15) is 0 Å². The van der Waals surface area contributed by atoms with Crippen LogP contribution in [0.15, 0.2) is 28.7 Å². The lowest BCUT2D eigenvalue weighted by molar-refractivity contribution is 0.190. The lowest BCUT2D eigenvalue weighted by Gasteiger charge is -2.30. The number of nitrogens with zero attached hydrogens (tertiary/aromatic N) is 1. The van der Waals surface area contributed by atoms with Gasteiger partial charge in [0.2, 0.25) is 0 Å². The van der Waals surface area contributed by atoms with Crippen molar-refractivity contribution in [3.05, 3.63) is 34.3 Å². The summed E-state index contributed by atoms with van der Waals surface area (Å²) >= 11 is 3.46. The van der Waals surface area contributed by atoms with Gasteiger partial charge in [0, 0.05) is 11.0 Å². The number of benzene rings is 1. The van der Waals surface area contributed by atoms with Crippen LogP contribution in [0.2, 0.25) is 0 Å². The lowest BCUT2D eigenvalue weighted by Crippen LogP contribution is -2.34. The average Bonchev–Trinajstić information content (AvgIpc) is 2.43. The molecular weight excluding hydrogens is 300 g/mol. The Labute approximate surface area is 125 Å². The van der Waals surface area contributed by atoms with Gasteiger partial charge in [0.05, 0.1) is 0 Å². The van der Waals surface area contributed by atoms with Crippen molar-refractivity contribution in [1.82, 2.24) is 10.2 Å². The first-order valence-corrected chi connectivity index (χ1v) is 8.21. The van der Waals surface area contributed by atoms with E-state index in [4.69, 9.17) is 0 Å². The van der Waals surface area contributed by atoms with E-state index in [1.807, 2.05) is 0 Å². The summed E-state index contributed by atoms with van der Waals surface area (Å²) in [7, 11) is 0. The Balaban J connectivity index is 1.53. The molecule has 2 rings (SSSR count). The minimum Gasteiger partial charge on any atom is -0.313 e. The van der Waals surface area contributed by atoms with Crippen LogP contribution in [0.4, 0.5) is 0 Å². The Morgan fingerprint density at radius 2 is 1.89 bits per heavy atom. The Kier molecular flexibility index (Phi) is 6.35. The molecule has 0 aliphatic carbocycles. The molecule has 2 nitrogen and oxygen atoms in total. The first-order chi connectivity index (χ1) is 9.24. The summed E-state index contributed by atoms with van der Waals surface area (Å²) in [5, 5.41) is 3.53. The first-order valence-electron chi connectivity index (χ1n) is 7.41. The second-order valence-corrected chi connectivity index (χ2v) is 6.60. The van der Waals surface area contributed by atoms with E-state index in [1.165, 1.54) is 44.5 Å². The molecule has 0 saturated carbocycles. The minimum absolute atomic E-state index is 0.937. The van der Waals surface area contributed by atoms with Gasteiger partial charge >= 0.3 is 0 Å². The molecule has 1 aliphatic heterocycles. The molecule has 0 radical (unpaired) electrons. The van der Waals surface area contributed by atoms with E-state index in [2.05, 4.69) is 57.3 Å². The van der Waals surface area contributed by atoms with Crippen LogP contribution in [0.3, 0.4) is 0 Å². The monoisotopic (exact) mass is 324 g/mol. The van der Waals surface area contributed by atoms with Gasteiger partial charge in [0.15, 0.2) is 0 Å². The Morgan fingerprint density at radius 1 is 1.21 bits per heavy atom. The van der Waals surface area contributed by atoms with Gasteiger partial charge in [-0.05, 0) is 69.1 Å². The molecule has 0 unspecified atom stereocenters. The van der Waals surface area contributed by atoms with Gasteiger partial charge < -0.3 is 10.2 Å². The molecule has 0 spiro atoms. The Morgan fingerprint density at radius 3 is 2.58 bits per heavy atom. The second kappa shape index (κ2) is 8.03. The van der Waals surface area contributed by atoms with E-state index in [9.17, 15) is 0 Å². The topological polar surface area (TPSA) is 15.3 Å². The van der Waals surface area contributed by atoms with Crippen LogP contribution in [0, 0.1) is 5.92 Å². The molecule has 0 aromatic heterocycles. The minimum atomic E-state index is 0.937. The van der Waals surface area contributed by atoms with Gasteiger partial charge in [-0.3, -0.25) is 0 Å². The van der Waals surface area contributed by atoms with Crippen LogP contribution in [-0.2, 0) is 6.54 Å². The van der Waals surface area contributed by atoms with E-state index in [0.29, 0.717) is 0 Å². The number of rotatable bonds is 6. The Bertz CT molecular complexity index is 356. The largest absolute Gasteiger partial charge is 0.313 e. The maximum Gasteiger partial charge on any atom is 0.0205 e. The highest BCUT2D eigenvalue weighted by molar-refractivity contribution is 9.10. The molecule has 3 heteroatoms. The molecular formula is C16H25BrN2. The van der Waals surface area contributed by atoms with Crippen molar-refractivity contribution < 1.29 is 0 Å². The molecule has 1 saturated heterocycles. The van der Waals surface area contributed by atoms with Gasteiger partial charge in [-0.2, -0.15) is 0 Å². The predicted molar refractivity (Wildman–Crippen MR) is 85.3 cm³/mol. The summed E-state index contributed by atoms with van der Waals surface area (Å²) < 4.78 is 1.15. The van der Waals surface area contributed by atoms with Crippen LogP contribution in [0.25, 0.3) is 0 Å². The highest BCUT2D eigenvalue weighted by Gasteiger charge is 2.14. The number of hydrogen-bond acceptors (Lipinski definition) is 2. The fourth-order valence-corrected chi connectivity index (χ4v) is 2.81. The number of likely N-dealkylation sites (tertiary alicyclic amines) is 1. The molecule has 0 atom stereocenters. The van der Waals surface area contributed by atoms with E-state index >= 15 is 0 Å². The van der Waals surface area contributed by atoms with Crippen LogP contribution in [0.1, 0.15) is 31.7 Å². The first kappa shape index (κ1) is 15.0. The quantitative estimate of drug-likeness (QED) is 0.803. The van der Waals surface area contributed by atoms with E-state index < -0.39 is 0 Å². The van der Waals surface area contributed by atoms with Gasteiger partial charge in [0.25, 0.3) is 0 Å². The zero-order valence-electron chi connectivity index (χ0n) is 11.9. The molecule has 1 aliphatic rings. The SMILES string of the molecule is CC1CCN(CCCNCc2ccc(Br)cc2)CC1. The van der Waals surface area contributed by atoms with Crippen LogP contribution in [-0.4, -0.2) is 31.1 Å². The van der Waals surface area contributed by atoms with Crippen molar-refractivity contribution in [1.29, 1.82) is 0 Å². The van der Waals surface area contributed by atoms with Crippen LogP contribution < -0.4 is 5.32 Å². The molecule has 1 aromatic carbocycles. The maximum absolute atomic E-state index is 3.53. The van der Waals surface area contributed by atoms with Crippen LogP contribution >= 0.6 is 15.9 Å². The fraction of sp³-hybridized carbons (Fsp3) is 0.625. The Hall–Kier alpha value is -0.380. The van der Waals surface area contributed by atoms with Crippen molar-refractivity contribution in [2.45, 2.75) is 32.7 Å². The third-order valence-corrected chi connectivity index (χ3v) is 4.48. The zero-order valence-corrected chi connectivity index (χ0v) is 13.5. The van der Waals surface area contributed by atoms with E-state index in [-0.39, 0.29) is 0 Å². The predicted octanol–water partition coefficient (Wildman–Crippen LogP) is 3.66. The third kappa shape index (κ3) is 5.64. The van der Waals surface area contributed by atoms with Gasteiger partial charge in [-0.25, -0.2) is 0 Å². The molecule has 106 valence electrons. The van der Waals surface area contributed by atoms with Crippen LogP contribution in [0.5, 0.6) is 0 Å². The fourth-order valence-electron chi connectivity index (χ4n) is 2.55. The van der Waals surface area contributed by atoms with E-state index in [0.717, 1.165) is 23.5 Å². The third-order valence-electron chi connectivity index (χ3n) is 3.95. The highest BCUT2D eigenvalue weighted by Crippen LogP contribution is 2.15. The molecule has 1 aromatic rings. The molecule has 0 bridgehead atoms. The second-order valence-electron chi connectivity index (χ2n) is 5.68. The molecule has 1 N–H and O–H groups in total. The number of halogens is 1. The van der Waals surface area contributed by atoms with Gasteiger partial charge in [-0.15, -0.1) is 0 Å². The summed E-state index contributed by atoms with van der Waals surface area (Å²) in [4.78, 5) is 2.61. The van der Waals surface area contributed by atoms with Crippen molar-refractivity contribution in [2.75, 3.05) is 26.2 Å². The smallest absolute Gasteiger partial charge is 0.0205 e. The normalized spacial score (nSPS) is 17.8.